The van der Waals surface area contributed by atoms with Gasteiger partial charge in [0.25, 0.3) is 0 Å². The number of hydrogen-bond donors (Lipinski definition) is 5. The summed E-state index contributed by atoms with van der Waals surface area (Å²) < 4.78 is 44.2. The quantitative estimate of drug-likeness (QED) is 0.185. The van der Waals surface area contributed by atoms with E-state index in [0.717, 1.165) is 17.7 Å². The lowest BCUT2D eigenvalue weighted by Gasteiger charge is -2.26. The van der Waals surface area contributed by atoms with E-state index in [1.54, 1.807) is 18.2 Å². The highest BCUT2D eigenvalue weighted by molar-refractivity contribution is 6.61. The zero-order valence-electron chi connectivity index (χ0n) is 24.0. The number of alkyl halides is 3. The van der Waals surface area contributed by atoms with Crippen LogP contribution in [0.4, 0.5) is 18.9 Å². The Kier molecular flexibility index (Phi) is 12.1. The van der Waals surface area contributed by atoms with Crippen molar-refractivity contribution in [1.82, 2.24) is 10.2 Å². The molecule has 234 valence electrons. The van der Waals surface area contributed by atoms with Crippen LogP contribution in [-0.4, -0.2) is 80.1 Å². The molecule has 2 aromatic carbocycles. The highest BCUT2D eigenvalue weighted by Crippen LogP contribution is 2.29. The van der Waals surface area contributed by atoms with Gasteiger partial charge in [0.15, 0.2) is 0 Å². The van der Waals surface area contributed by atoms with Crippen molar-refractivity contribution in [2.24, 2.45) is 17.2 Å². The van der Waals surface area contributed by atoms with Gasteiger partial charge >= 0.3 is 13.3 Å². The van der Waals surface area contributed by atoms with Gasteiger partial charge in [-0.15, -0.1) is 0 Å². The van der Waals surface area contributed by atoms with Crippen molar-refractivity contribution in [3.05, 3.63) is 59.2 Å². The molecule has 1 heterocycles. The maximum atomic E-state index is 13.6. The Balaban J connectivity index is 1.73. The lowest BCUT2D eigenvalue weighted by atomic mass is 9.79. The number of rotatable bonds is 14. The van der Waals surface area contributed by atoms with Gasteiger partial charge in [0.05, 0.1) is 18.2 Å². The van der Waals surface area contributed by atoms with E-state index in [-0.39, 0.29) is 51.3 Å². The number of nitrogens with zero attached hydrogens (tertiary/aromatic N) is 2. The molecule has 0 unspecified atom stereocenters. The van der Waals surface area contributed by atoms with E-state index in [1.807, 2.05) is 0 Å². The second-order valence-electron chi connectivity index (χ2n) is 10.3. The predicted octanol–water partition coefficient (Wildman–Crippen LogP) is -0.143. The highest BCUT2D eigenvalue weighted by atomic mass is 19.4. The Hall–Kier alpha value is -3.50. The average Bonchev–Trinajstić information content (AvgIpc) is 3.36. The molecule has 1 aliphatic rings. The molecule has 0 aliphatic carbocycles. The average molecular weight is 606 g/mol. The van der Waals surface area contributed by atoms with Crippen LogP contribution in [0.1, 0.15) is 36.0 Å². The number of nitrogens with one attached hydrogen (secondary N) is 1. The van der Waals surface area contributed by atoms with E-state index in [1.165, 1.54) is 29.0 Å². The fourth-order valence-corrected chi connectivity index (χ4v) is 4.72. The van der Waals surface area contributed by atoms with E-state index < -0.39 is 42.8 Å². The van der Waals surface area contributed by atoms with E-state index in [9.17, 15) is 32.6 Å². The van der Waals surface area contributed by atoms with Crippen molar-refractivity contribution >= 4 is 36.0 Å². The fourth-order valence-electron chi connectivity index (χ4n) is 4.72. The molecule has 43 heavy (non-hydrogen) atoms. The molecule has 0 spiro atoms. The number of amides is 3. The molecule has 0 saturated carbocycles. The van der Waals surface area contributed by atoms with Gasteiger partial charge in [-0.05, 0) is 60.1 Å². The lowest BCUT2D eigenvalue weighted by molar-refractivity contribution is -0.137. The number of anilines is 1. The molecule has 3 rings (SSSR count). The third kappa shape index (κ3) is 9.24. The largest absolute Gasteiger partial charge is 0.491 e. The number of likely N-dealkylation sites (N-methyl/N-ethyl adjacent to an activating group) is 1. The first-order valence-corrected chi connectivity index (χ1v) is 14.0. The Morgan fingerprint density at radius 1 is 1.07 bits per heavy atom. The summed E-state index contributed by atoms with van der Waals surface area (Å²) in [6.45, 7) is 1.37. The molecule has 0 fully saturated rings. The monoisotopic (exact) mass is 606 g/mol. The summed E-state index contributed by atoms with van der Waals surface area (Å²) in [6.07, 6.45) is -4.26. The Labute approximate surface area is 248 Å². The number of hydrogen-bond acceptors (Lipinski definition) is 8. The van der Waals surface area contributed by atoms with Gasteiger partial charge in [0.2, 0.25) is 17.7 Å². The molecule has 8 N–H and O–H groups in total. The van der Waals surface area contributed by atoms with Crippen LogP contribution in [0.25, 0.3) is 0 Å². The number of halogens is 3. The van der Waals surface area contributed by atoms with Crippen LogP contribution in [0.5, 0.6) is 0 Å². The zero-order valence-corrected chi connectivity index (χ0v) is 24.0. The van der Waals surface area contributed by atoms with Crippen molar-refractivity contribution in [2.45, 2.75) is 50.6 Å². The topological polar surface area (TPSA) is 177 Å². The number of fused-ring (bicyclic) bond motifs is 1. The van der Waals surface area contributed by atoms with Crippen LogP contribution in [0.3, 0.4) is 0 Å². The first-order chi connectivity index (χ1) is 20.3. The maximum Gasteiger partial charge on any atom is 0.491 e. The smallest absolute Gasteiger partial charge is 0.423 e. The van der Waals surface area contributed by atoms with Crippen LogP contribution in [0.2, 0.25) is 0 Å². The molecule has 11 nitrogen and oxygen atoms in total. The summed E-state index contributed by atoms with van der Waals surface area (Å²) in [5, 5.41) is 12.7. The second kappa shape index (κ2) is 15.3. The lowest BCUT2D eigenvalue weighted by Crippen LogP contribution is -2.52. The van der Waals surface area contributed by atoms with Crippen molar-refractivity contribution in [3.8, 4) is 0 Å². The van der Waals surface area contributed by atoms with Crippen LogP contribution >= 0.6 is 0 Å². The van der Waals surface area contributed by atoms with Crippen LogP contribution in [0.15, 0.2) is 42.5 Å². The molecule has 2 atom stereocenters. The van der Waals surface area contributed by atoms with Gasteiger partial charge in [0, 0.05) is 45.3 Å². The van der Waals surface area contributed by atoms with Crippen molar-refractivity contribution in [2.75, 3.05) is 38.1 Å². The minimum atomic E-state index is -4.48. The molecule has 0 radical (unpaired) electrons. The van der Waals surface area contributed by atoms with E-state index in [4.69, 9.17) is 21.9 Å². The van der Waals surface area contributed by atoms with E-state index in [0.29, 0.717) is 29.8 Å². The third-order valence-corrected chi connectivity index (χ3v) is 7.28. The van der Waals surface area contributed by atoms with E-state index in [2.05, 4.69) is 5.32 Å². The van der Waals surface area contributed by atoms with E-state index >= 15 is 0 Å². The molecule has 2 aromatic rings. The molecule has 0 bridgehead atoms. The van der Waals surface area contributed by atoms with Gasteiger partial charge in [-0.3, -0.25) is 14.4 Å². The Morgan fingerprint density at radius 3 is 2.33 bits per heavy atom. The summed E-state index contributed by atoms with van der Waals surface area (Å²) in [7, 11) is 0.381. The van der Waals surface area contributed by atoms with Crippen LogP contribution < -0.4 is 32.9 Å². The molecule has 1 aliphatic heterocycles. The third-order valence-electron chi connectivity index (χ3n) is 7.28. The van der Waals surface area contributed by atoms with Gasteiger partial charge in [-0.25, -0.2) is 0 Å². The molecular formula is C28H38BF3N6O5. The molecule has 0 aromatic heterocycles. The molecular weight excluding hydrogens is 568 g/mol. The minimum Gasteiger partial charge on any atom is -0.423 e. The maximum absolute atomic E-state index is 13.6. The Bertz CT molecular complexity index is 1260. The summed E-state index contributed by atoms with van der Waals surface area (Å²) in [6, 6.07) is 7.38. The number of carbonyl (C=O) groups is 3. The van der Waals surface area contributed by atoms with Gasteiger partial charge in [-0.2, -0.15) is 13.2 Å². The Morgan fingerprint density at radius 2 is 1.72 bits per heavy atom. The highest BCUT2D eigenvalue weighted by Gasteiger charge is 2.32. The molecule has 3 amide bonds. The number of benzene rings is 2. The standard InChI is InChI=1S/C28H38BF3N6O5/c1-37(21-8-5-19-17-43-29(42)22(19)16-21)27(41)24(10-4-18-2-6-20(7-3-18)28(30,31)32)36-26(40)23(35)9-11-25(39)38(14-12-33)15-13-34/h2-3,5-8,16,23-24,42H,4,9-15,17,33-35H2,1H3,(H,36,40)/t23-,24+/m0/s1. The van der Waals surface area contributed by atoms with Gasteiger partial charge < -0.3 is 42.0 Å². The first kappa shape index (κ1) is 34.0. The summed E-state index contributed by atoms with van der Waals surface area (Å²) >= 11 is 0. The SMILES string of the molecule is CN(C(=O)[C@@H](CCc1ccc(C(F)(F)F)cc1)NC(=O)[C@@H](N)CCC(=O)N(CCN)CCN)c1ccc2c(c1)B(O)OC2. The fraction of sp³-hybridized carbons (Fsp3) is 0.464. The predicted molar refractivity (Wildman–Crippen MR) is 156 cm³/mol. The second-order valence-corrected chi connectivity index (χ2v) is 10.3. The number of carbonyl (C=O) groups excluding carboxylic acids is 3. The van der Waals surface area contributed by atoms with Gasteiger partial charge in [0.1, 0.15) is 6.04 Å². The van der Waals surface area contributed by atoms with Crippen molar-refractivity contribution in [1.29, 1.82) is 0 Å². The number of nitrogens with two attached hydrogens (primary N) is 3. The number of aryl methyl sites for hydroxylation is 1. The van der Waals surface area contributed by atoms with Crippen LogP contribution in [0, 0.1) is 0 Å². The van der Waals surface area contributed by atoms with Crippen molar-refractivity contribution in [3.63, 3.8) is 0 Å². The summed E-state index contributed by atoms with van der Waals surface area (Å²) in [5.74, 6) is -1.42. The minimum absolute atomic E-state index is 0.00861. The van der Waals surface area contributed by atoms with Crippen LogP contribution in [-0.2, 0) is 38.2 Å². The summed E-state index contributed by atoms with van der Waals surface area (Å²) in [4.78, 5) is 42.1. The normalized spacial score (nSPS) is 14.2. The zero-order chi connectivity index (χ0) is 31.7. The van der Waals surface area contributed by atoms with Gasteiger partial charge in [-0.1, -0.05) is 18.2 Å². The molecule has 15 heteroatoms. The first-order valence-electron chi connectivity index (χ1n) is 14.0. The van der Waals surface area contributed by atoms with Crippen molar-refractivity contribution < 1.29 is 37.2 Å². The summed E-state index contributed by atoms with van der Waals surface area (Å²) in [5.41, 5.74) is 18.7. The molecule has 0 saturated heterocycles.